The Labute approximate surface area is 187 Å². The van der Waals surface area contributed by atoms with Crippen molar-refractivity contribution in [3.63, 3.8) is 0 Å². The van der Waals surface area contributed by atoms with E-state index in [2.05, 4.69) is 15.3 Å². The minimum absolute atomic E-state index is 0.119. The van der Waals surface area contributed by atoms with Crippen molar-refractivity contribution in [3.8, 4) is 17.0 Å². The summed E-state index contributed by atoms with van der Waals surface area (Å²) in [4.78, 5) is 20.6. The Kier molecular flexibility index (Phi) is 5.81. The summed E-state index contributed by atoms with van der Waals surface area (Å²) in [5.74, 6) is -0.493. The van der Waals surface area contributed by atoms with Crippen LogP contribution in [-0.4, -0.2) is 41.3 Å². The number of nitrogens with zero attached hydrogens (tertiary/aromatic N) is 2. The molecule has 0 radical (unpaired) electrons. The van der Waals surface area contributed by atoms with Crippen LogP contribution in [0.1, 0.15) is 27.2 Å². The molecule has 3 heterocycles. The lowest BCUT2D eigenvalue weighted by atomic mass is 9.90. The van der Waals surface area contributed by atoms with E-state index in [4.69, 9.17) is 9.47 Å². The Morgan fingerprint density at radius 3 is 2.58 bits per heavy atom. The van der Waals surface area contributed by atoms with Gasteiger partial charge in [0.15, 0.2) is 0 Å². The van der Waals surface area contributed by atoms with E-state index < -0.39 is 23.2 Å². The van der Waals surface area contributed by atoms with Gasteiger partial charge in [0.1, 0.15) is 11.3 Å². The molecule has 10 heteroatoms. The molecule has 7 nitrogen and oxygen atoms in total. The van der Waals surface area contributed by atoms with Crippen molar-refractivity contribution in [2.24, 2.45) is 0 Å². The molecule has 0 aliphatic carbocycles. The highest BCUT2D eigenvalue weighted by atomic mass is 19.4. The summed E-state index contributed by atoms with van der Waals surface area (Å²) >= 11 is 0. The zero-order chi connectivity index (χ0) is 23.8. The lowest BCUT2D eigenvalue weighted by Crippen LogP contribution is -2.46. The van der Waals surface area contributed by atoms with Gasteiger partial charge in [0.2, 0.25) is 5.88 Å². The number of pyridine rings is 2. The molecule has 1 aliphatic rings. The second kappa shape index (κ2) is 8.45. The van der Waals surface area contributed by atoms with Crippen molar-refractivity contribution in [1.82, 2.24) is 9.97 Å². The number of hydrogen-bond donors (Lipinski definition) is 2. The molecule has 3 aromatic rings. The number of benzene rings is 1. The number of hydrogen-bond acceptors (Lipinski definition) is 6. The highest BCUT2D eigenvalue weighted by Crippen LogP contribution is 2.38. The average molecular weight is 459 g/mol. The number of ether oxygens (including phenoxy) is 2. The first kappa shape index (κ1) is 22.7. The van der Waals surface area contributed by atoms with Gasteiger partial charge in [0, 0.05) is 23.6 Å². The number of aromatic nitrogens is 2. The number of aryl methyl sites for hydroxylation is 1. The summed E-state index contributed by atoms with van der Waals surface area (Å²) < 4.78 is 49.2. The van der Waals surface area contributed by atoms with Crippen LogP contribution in [0.25, 0.3) is 11.1 Å². The summed E-state index contributed by atoms with van der Waals surface area (Å²) in [6.07, 6.45) is -2.06. The van der Waals surface area contributed by atoms with Crippen LogP contribution in [0.15, 0.2) is 48.8 Å². The Morgan fingerprint density at radius 1 is 1.18 bits per heavy atom. The smallest absolute Gasteiger partial charge is 0.416 e. The van der Waals surface area contributed by atoms with Crippen LogP contribution in [0.3, 0.4) is 0 Å². The van der Waals surface area contributed by atoms with Gasteiger partial charge in [-0.3, -0.25) is 9.78 Å². The number of halogens is 3. The third-order valence-corrected chi connectivity index (χ3v) is 5.35. The number of carbonyl (C=O) groups is 1. The van der Waals surface area contributed by atoms with Gasteiger partial charge in [-0.1, -0.05) is 6.07 Å². The summed E-state index contributed by atoms with van der Waals surface area (Å²) in [5.41, 5.74) is 0.568. The molecule has 2 N–H and O–H groups in total. The quantitative estimate of drug-likeness (QED) is 0.600. The third kappa shape index (κ3) is 4.53. The summed E-state index contributed by atoms with van der Waals surface area (Å²) in [7, 11) is 1.46. The Balaban J connectivity index is 1.64. The molecular formula is C23H20F3N3O4. The van der Waals surface area contributed by atoms with Crippen LogP contribution in [0.5, 0.6) is 5.88 Å². The predicted molar refractivity (Wildman–Crippen MR) is 113 cm³/mol. The van der Waals surface area contributed by atoms with Crippen molar-refractivity contribution >= 4 is 11.6 Å². The molecule has 2 aromatic heterocycles. The van der Waals surface area contributed by atoms with Crippen LogP contribution in [0, 0.1) is 6.92 Å². The normalized spacial score (nSPS) is 15.0. The highest BCUT2D eigenvalue weighted by molar-refractivity contribution is 6.03. The fourth-order valence-corrected chi connectivity index (χ4v) is 3.48. The Bertz CT molecular complexity index is 1210. The van der Waals surface area contributed by atoms with Crippen LogP contribution in [-0.2, 0) is 16.5 Å². The van der Waals surface area contributed by atoms with Gasteiger partial charge in [0.05, 0.1) is 31.5 Å². The number of nitrogens with one attached hydrogen (secondary N) is 1. The number of amides is 1. The number of methoxy groups -OCH3 is 1. The molecular weight excluding hydrogens is 439 g/mol. The monoisotopic (exact) mass is 459 g/mol. The lowest BCUT2D eigenvalue weighted by Gasteiger charge is -2.37. The van der Waals surface area contributed by atoms with E-state index in [-0.39, 0.29) is 24.8 Å². The number of anilines is 1. The number of alkyl halides is 3. The van der Waals surface area contributed by atoms with Crippen molar-refractivity contribution in [2.75, 3.05) is 25.6 Å². The first-order valence-electron chi connectivity index (χ1n) is 9.91. The molecule has 0 atom stereocenters. The van der Waals surface area contributed by atoms with Crippen LogP contribution in [0.2, 0.25) is 0 Å². The molecule has 1 aliphatic heterocycles. The summed E-state index contributed by atoms with van der Waals surface area (Å²) in [6, 6.07) is 8.32. The van der Waals surface area contributed by atoms with Gasteiger partial charge < -0.3 is 19.9 Å². The Hall–Kier alpha value is -3.50. The van der Waals surface area contributed by atoms with Crippen molar-refractivity contribution in [1.29, 1.82) is 0 Å². The molecule has 172 valence electrons. The van der Waals surface area contributed by atoms with Crippen molar-refractivity contribution in [3.05, 3.63) is 71.2 Å². The maximum Gasteiger partial charge on any atom is 0.416 e. The van der Waals surface area contributed by atoms with Gasteiger partial charge in [-0.15, -0.1) is 0 Å². The van der Waals surface area contributed by atoms with Gasteiger partial charge in [-0.25, -0.2) is 4.98 Å². The van der Waals surface area contributed by atoms with Crippen molar-refractivity contribution < 1.29 is 32.5 Å². The maximum absolute atomic E-state index is 12.9. The lowest BCUT2D eigenvalue weighted by molar-refractivity contribution is -0.185. The average Bonchev–Trinajstić information content (AvgIpc) is 2.78. The second-order valence-corrected chi connectivity index (χ2v) is 7.72. The number of rotatable bonds is 5. The van der Waals surface area contributed by atoms with E-state index in [9.17, 15) is 23.1 Å². The van der Waals surface area contributed by atoms with E-state index in [1.165, 1.54) is 7.11 Å². The molecule has 4 rings (SSSR count). The van der Waals surface area contributed by atoms with Crippen molar-refractivity contribution in [2.45, 2.75) is 18.7 Å². The fourth-order valence-electron chi connectivity index (χ4n) is 3.48. The van der Waals surface area contributed by atoms with Crippen LogP contribution >= 0.6 is 0 Å². The molecule has 1 fully saturated rings. The molecule has 33 heavy (non-hydrogen) atoms. The molecule has 0 spiro atoms. The predicted octanol–water partition coefficient (Wildman–Crippen LogP) is 3.95. The largest absolute Gasteiger partial charge is 0.481 e. The SMILES string of the molecule is COc1ncc(-c2cc(NC(=O)c3cc(C(F)(F)F)ccn3)ccc2C)cc1C1(O)COC1. The highest BCUT2D eigenvalue weighted by Gasteiger charge is 2.41. The van der Waals surface area contributed by atoms with Crippen LogP contribution in [0.4, 0.5) is 18.9 Å². The topological polar surface area (TPSA) is 93.6 Å². The van der Waals surface area contributed by atoms with E-state index >= 15 is 0 Å². The minimum atomic E-state index is -4.58. The standard InChI is InChI=1S/C23H20F3N3O4/c1-13-3-4-16(29-20(30)19-8-15(5-6-27-19)23(24,25)26)9-17(13)14-7-18(21(32-2)28-10-14)22(31)11-33-12-22/h3-10,31H,11-12H2,1-2H3,(H,29,30). The van der Waals surface area contributed by atoms with E-state index in [1.807, 2.05) is 6.92 Å². The zero-order valence-electron chi connectivity index (χ0n) is 17.7. The van der Waals surface area contributed by atoms with E-state index in [0.717, 1.165) is 17.8 Å². The first-order valence-corrected chi connectivity index (χ1v) is 9.91. The molecule has 0 saturated carbocycles. The zero-order valence-corrected chi connectivity index (χ0v) is 17.7. The molecule has 1 amide bonds. The first-order chi connectivity index (χ1) is 15.6. The Morgan fingerprint density at radius 2 is 1.94 bits per heavy atom. The van der Waals surface area contributed by atoms with Gasteiger partial charge in [-0.05, 0) is 48.4 Å². The minimum Gasteiger partial charge on any atom is -0.481 e. The number of carbonyl (C=O) groups excluding carboxylic acids is 1. The summed E-state index contributed by atoms with van der Waals surface area (Å²) in [5, 5.41) is 13.3. The molecule has 1 saturated heterocycles. The molecule has 0 unspecified atom stereocenters. The molecule has 1 aromatic carbocycles. The number of aliphatic hydroxyl groups is 1. The van der Waals surface area contributed by atoms with Gasteiger partial charge >= 0.3 is 6.18 Å². The van der Waals surface area contributed by atoms with Gasteiger partial charge in [0.25, 0.3) is 5.91 Å². The third-order valence-electron chi connectivity index (χ3n) is 5.35. The van der Waals surface area contributed by atoms with E-state index in [0.29, 0.717) is 28.4 Å². The summed E-state index contributed by atoms with van der Waals surface area (Å²) in [6.45, 7) is 2.10. The fraction of sp³-hybridized carbons (Fsp3) is 0.261. The van der Waals surface area contributed by atoms with E-state index in [1.54, 1.807) is 30.5 Å². The second-order valence-electron chi connectivity index (χ2n) is 7.72. The van der Waals surface area contributed by atoms with Crippen LogP contribution < -0.4 is 10.1 Å². The maximum atomic E-state index is 12.9. The molecule has 0 bridgehead atoms. The van der Waals surface area contributed by atoms with Gasteiger partial charge in [-0.2, -0.15) is 13.2 Å².